The van der Waals surface area contributed by atoms with Crippen molar-refractivity contribution in [1.82, 2.24) is 30.2 Å². The molecule has 4 heterocycles. The molecule has 1 saturated heterocycles. The number of carbonyl (C=O) groups is 1. The SMILES string of the molecule is CCN1CCC(NC(=O)c2nc([C@H](C)Nc3ncnc4scnc34)cc3cccc(Cl)c23)CC1. The van der Waals surface area contributed by atoms with Gasteiger partial charge in [0.05, 0.1) is 22.3 Å². The Morgan fingerprint density at radius 2 is 2.09 bits per heavy atom. The number of anilines is 1. The molecule has 2 N–H and O–H groups in total. The van der Waals surface area contributed by atoms with Crippen LogP contribution in [-0.4, -0.2) is 56.4 Å². The number of halogens is 1. The highest BCUT2D eigenvalue weighted by molar-refractivity contribution is 7.16. The van der Waals surface area contributed by atoms with Crippen molar-refractivity contribution >= 4 is 55.8 Å². The molecule has 1 aliphatic heterocycles. The van der Waals surface area contributed by atoms with Gasteiger partial charge in [0.2, 0.25) is 0 Å². The fraction of sp³-hybridized carbons (Fsp3) is 0.375. The molecule has 4 aromatic rings. The molecule has 0 saturated carbocycles. The van der Waals surface area contributed by atoms with Crippen LogP contribution in [0, 0.1) is 0 Å². The minimum atomic E-state index is -0.220. The maximum atomic E-state index is 13.4. The van der Waals surface area contributed by atoms with E-state index in [-0.39, 0.29) is 18.0 Å². The van der Waals surface area contributed by atoms with Gasteiger partial charge in [-0.15, -0.1) is 11.3 Å². The van der Waals surface area contributed by atoms with Gasteiger partial charge >= 0.3 is 0 Å². The number of likely N-dealkylation sites (tertiary alicyclic amines) is 1. The van der Waals surface area contributed by atoms with Crippen molar-refractivity contribution in [3.8, 4) is 0 Å². The van der Waals surface area contributed by atoms with Crippen molar-refractivity contribution in [1.29, 1.82) is 0 Å². The first kappa shape index (κ1) is 22.9. The highest BCUT2D eigenvalue weighted by Gasteiger charge is 2.24. The van der Waals surface area contributed by atoms with Crippen LogP contribution in [-0.2, 0) is 0 Å². The van der Waals surface area contributed by atoms with Gasteiger partial charge in [-0.2, -0.15) is 0 Å². The molecule has 8 nitrogen and oxygen atoms in total. The van der Waals surface area contributed by atoms with E-state index >= 15 is 0 Å². The van der Waals surface area contributed by atoms with Gasteiger partial charge in [-0.05, 0) is 43.8 Å². The summed E-state index contributed by atoms with van der Waals surface area (Å²) >= 11 is 8.00. The topological polar surface area (TPSA) is 95.9 Å². The third-order valence-corrected chi connectivity index (χ3v) is 7.39. The van der Waals surface area contributed by atoms with Crippen LogP contribution in [0.2, 0.25) is 5.02 Å². The highest BCUT2D eigenvalue weighted by Crippen LogP contribution is 2.30. The van der Waals surface area contributed by atoms with Crippen LogP contribution < -0.4 is 10.6 Å². The second-order valence-electron chi connectivity index (χ2n) is 8.51. The van der Waals surface area contributed by atoms with Crippen LogP contribution in [0.25, 0.3) is 21.1 Å². The number of rotatable bonds is 6. The lowest BCUT2D eigenvalue weighted by Crippen LogP contribution is -2.44. The number of piperidine rings is 1. The normalized spacial score (nSPS) is 16.1. The molecule has 0 spiro atoms. The zero-order chi connectivity index (χ0) is 23.7. The standard InChI is InChI=1S/C24H26ClN7OS/c1-3-32-9-7-16(8-10-32)30-23(33)20-19-15(5-4-6-17(19)25)11-18(31-20)14(2)29-22-21-24(27-12-26-22)34-13-28-21/h4-6,11-14,16H,3,7-10H2,1-2H3,(H,30,33)(H,26,27,29)/t14-/m0/s1. The van der Waals surface area contributed by atoms with Crippen LogP contribution in [0.1, 0.15) is 48.9 Å². The fourth-order valence-corrected chi connectivity index (χ4v) is 5.30. The summed E-state index contributed by atoms with van der Waals surface area (Å²) in [6.07, 6.45) is 3.38. The Bertz CT molecular complexity index is 1340. The van der Waals surface area contributed by atoms with E-state index in [9.17, 15) is 4.79 Å². The molecule has 10 heteroatoms. The van der Waals surface area contributed by atoms with Gasteiger partial charge in [0, 0.05) is 24.5 Å². The number of fused-ring (bicyclic) bond motifs is 2. The first-order chi connectivity index (χ1) is 16.5. The molecular formula is C24H26ClN7OS. The molecule has 3 aromatic heterocycles. The second-order valence-corrected chi connectivity index (χ2v) is 9.75. The van der Waals surface area contributed by atoms with Crippen molar-refractivity contribution in [2.45, 2.75) is 38.8 Å². The number of aromatic nitrogens is 4. The maximum Gasteiger partial charge on any atom is 0.270 e. The van der Waals surface area contributed by atoms with Crippen molar-refractivity contribution in [2.24, 2.45) is 0 Å². The first-order valence-electron chi connectivity index (χ1n) is 11.5. The van der Waals surface area contributed by atoms with Gasteiger partial charge in [0.15, 0.2) is 5.82 Å². The predicted molar refractivity (Wildman–Crippen MR) is 137 cm³/mol. The minimum Gasteiger partial charge on any atom is -0.360 e. The number of nitrogens with one attached hydrogen (secondary N) is 2. The number of pyridine rings is 1. The second kappa shape index (κ2) is 9.77. The first-order valence-corrected chi connectivity index (χ1v) is 12.7. The van der Waals surface area contributed by atoms with Gasteiger partial charge in [-0.25, -0.2) is 19.9 Å². The van der Waals surface area contributed by atoms with Gasteiger partial charge in [0.1, 0.15) is 22.4 Å². The van der Waals surface area contributed by atoms with Crippen LogP contribution >= 0.6 is 22.9 Å². The summed E-state index contributed by atoms with van der Waals surface area (Å²) in [5.41, 5.74) is 3.55. The number of nitrogens with zero attached hydrogens (tertiary/aromatic N) is 5. The Morgan fingerprint density at radius 1 is 1.26 bits per heavy atom. The number of benzene rings is 1. The molecule has 34 heavy (non-hydrogen) atoms. The molecular weight excluding hydrogens is 470 g/mol. The predicted octanol–water partition coefficient (Wildman–Crippen LogP) is 4.68. The Labute approximate surface area is 206 Å². The maximum absolute atomic E-state index is 13.4. The summed E-state index contributed by atoms with van der Waals surface area (Å²) in [7, 11) is 0. The van der Waals surface area contributed by atoms with Crippen molar-refractivity contribution < 1.29 is 4.79 Å². The Morgan fingerprint density at radius 3 is 2.88 bits per heavy atom. The monoisotopic (exact) mass is 495 g/mol. The summed E-state index contributed by atoms with van der Waals surface area (Å²) < 4.78 is 0. The highest BCUT2D eigenvalue weighted by atomic mass is 35.5. The number of hydrogen-bond acceptors (Lipinski definition) is 8. The quantitative estimate of drug-likeness (QED) is 0.401. The van der Waals surface area contributed by atoms with E-state index < -0.39 is 0 Å². The molecule has 0 unspecified atom stereocenters. The van der Waals surface area contributed by atoms with Gasteiger partial charge < -0.3 is 15.5 Å². The lowest BCUT2D eigenvalue weighted by Gasteiger charge is -2.31. The molecule has 176 valence electrons. The van der Waals surface area contributed by atoms with E-state index in [0.717, 1.165) is 53.9 Å². The summed E-state index contributed by atoms with van der Waals surface area (Å²) in [5, 5.41) is 8.65. The van der Waals surface area contributed by atoms with E-state index in [1.165, 1.54) is 17.7 Å². The smallest absolute Gasteiger partial charge is 0.270 e. The summed E-state index contributed by atoms with van der Waals surface area (Å²) in [6, 6.07) is 7.52. The number of carbonyl (C=O) groups excluding carboxylic acids is 1. The van der Waals surface area contributed by atoms with E-state index in [1.54, 1.807) is 11.6 Å². The molecule has 1 atom stereocenters. The van der Waals surface area contributed by atoms with Gasteiger partial charge in [-0.1, -0.05) is 30.7 Å². The minimum absolute atomic E-state index is 0.132. The number of hydrogen-bond donors (Lipinski definition) is 2. The third-order valence-electron chi connectivity index (χ3n) is 6.34. The van der Waals surface area contributed by atoms with Crippen LogP contribution in [0.4, 0.5) is 5.82 Å². The lowest BCUT2D eigenvalue weighted by molar-refractivity contribution is 0.0909. The Balaban J connectivity index is 1.45. The van der Waals surface area contributed by atoms with Crippen molar-refractivity contribution in [2.75, 3.05) is 25.0 Å². The molecule has 5 rings (SSSR count). The van der Waals surface area contributed by atoms with Crippen LogP contribution in [0.3, 0.4) is 0 Å². The van der Waals surface area contributed by atoms with Crippen molar-refractivity contribution in [3.05, 3.63) is 52.5 Å². The molecule has 1 amide bonds. The van der Waals surface area contributed by atoms with Gasteiger partial charge in [0.25, 0.3) is 5.91 Å². The molecule has 0 aliphatic carbocycles. The summed E-state index contributed by atoms with van der Waals surface area (Å²) in [5.74, 6) is 0.450. The van der Waals surface area contributed by atoms with Crippen LogP contribution in [0.15, 0.2) is 36.1 Å². The van der Waals surface area contributed by atoms with Gasteiger partial charge in [-0.3, -0.25) is 4.79 Å². The fourth-order valence-electron chi connectivity index (χ4n) is 4.40. The molecule has 0 radical (unpaired) electrons. The largest absolute Gasteiger partial charge is 0.360 e. The van der Waals surface area contributed by atoms with E-state index in [1.807, 2.05) is 25.1 Å². The molecule has 1 fully saturated rings. The zero-order valence-corrected chi connectivity index (χ0v) is 20.7. The average molecular weight is 496 g/mol. The lowest BCUT2D eigenvalue weighted by atomic mass is 10.0. The van der Waals surface area contributed by atoms with E-state index in [0.29, 0.717) is 21.9 Å². The van der Waals surface area contributed by atoms with Crippen LogP contribution in [0.5, 0.6) is 0 Å². The van der Waals surface area contributed by atoms with E-state index in [2.05, 4.69) is 37.4 Å². The number of thiazole rings is 1. The van der Waals surface area contributed by atoms with E-state index in [4.69, 9.17) is 16.6 Å². The molecule has 1 aromatic carbocycles. The summed E-state index contributed by atoms with van der Waals surface area (Å²) in [6.45, 7) is 7.16. The average Bonchev–Trinajstić information content (AvgIpc) is 3.34. The summed E-state index contributed by atoms with van der Waals surface area (Å²) in [4.78, 5) is 34.4. The molecule has 1 aliphatic rings. The molecule has 0 bridgehead atoms. The third kappa shape index (κ3) is 4.55. The number of amides is 1. The Hall–Kier alpha value is -2.88. The zero-order valence-electron chi connectivity index (χ0n) is 19.1. The Kier molecular flexibility index (Phi) is 6.58. The van der Waals surface area contributed by atoms with Crippen molar-refractivity contribution in [3.63, 3.8) is 0 Å².